The number of pyridine rings is 1. The van der Waals surface area contributed by atoms with Crippen LogP contribution in [0.15, 0.2) is 12.1 Å². The van der Waals surface area contributed by atoms with Gasteiger partial charge in [0.15, 0.2) is 0 Å². The predicted octanol–water partition coefficient (Wildman–Crippen LogP) is 2.01. The van der Waals surface area contributed by atoms with E-state index in [1.807, 2.05) is 11.8 Å². The highest BCUT2D eigenvalue weighted by molar-refractivity contribution is 7.99. The van der Waals surface area contributed by atoms with Gasteiger partial charge >= 0.3 is 0 Å². The number of aromatic nitrogens is 1. The van der Waals surface area contributed by atoms with E-state index in [9.17, 15) is 4.79 Å². The van der Waals surface area contributed by atoms with E-state index in [0.717, 1.165) is 17.9 Å². The quantitative estimate of drug-likeness (QED) is 0.883. The molecule has 0 bridgehead atoms. The number of carbonyl (C=O) groups excluding carboxylic acids is 1. The van der Waals surface area contributed by atoms with E-state index in [2.05, 4.69) is 15.6 Å². The Morgan fingerprint density at radius 1 is 1.59 bits per heavy atom. The van der Waals surface area contributed by atoms with Gasteiger partial charge in [0.1, 0.15) is 11.5 Å². The van der Waals surface area contributed by atoms with Gasteiger partial charge in [-0.2, -0.15) is 11.8 Å². The Labute approximate surface area is 110 Å². The Morgan fingerprint density at radius 2 is 2.41 bits per heavy atom. The number of rotatable bonds is 3. The van der Waals surface area contributed by atoms with E-state index in [1.54, 1.807) is 19.2 Å². The Hall–Kier alpha value is -0.940. The summed E-state index contributed by atoms with van der Waals surface area (Å²) in [5.74, 6) is 2.51. The molecule has 1 saturated heterocycles. The monoisotopic (exact) mass is 271 g/mol. The minimum Gasteiger partial charge on any atom is -0.373 e. The molecule has 6 heteroatoms. The summed E-state index contributed by atoms with van der Waals surface area (Å²) in [7, 11) is 1.76. The molecule has 1 aromatic rings. The number of nitrogens with zero attached hydrogens (tertiary/aromatic N) is 1. The second-order valence-corrected chi connectivity index (χ2v) is 5.37. The first-order chi connectivity index (χ1) is 8.20. The van der Waals surface area contributed by atoms with Crippen LogP contribution in [0.1, 0.15) is 16.9 Å². The smallest absolute Gasteiger partial charge is 0.271 e. The summed E-state index contributed by atoms with van der Waals surface area (Å²) in [6, 6.07) is 3.66. The van der Waals surface area contributed by atoms with Gasteiger partial charge in [-0.25, -0.2) is 4.98 Å². The normalized spacial score (nSPS) is 19.1. The van der Waals surface area contributed by atoms with Gasteiger partial charge < -0.3 is 10.6 Å². The van der Waals surface area contributed by atoms with Crippen LogP contribution in [0.2, 0.25) is 5.02 Å². The van der Waals surface area contributed by atoms with Gasteiger partial charge in [-0.3, -0.25) is 4.79 Å². The SMILES string of the molecule is CNc1ccc(Cl)c(C(=O)NC2CCSC2)n1. The molecule has 92 valence electrons. The summed E-state index contributed by atoms with van der Waals surface area (Å²) in [6.45, 7) is 0. The standard InChI is InChI=1S/C11H14ClN3OS/c1-13-9-3-2-8(12)10(15-9)11(16)14-7-4-5-17-6-7/h2-3,7H,4-6H2,1H3,(H,13,15)(H,14,16). The summed E-state index contributed by atoms with van der Waals surface area (Å²) in [4.78, 5) is 16.2. The average molecular weight is 272 g/mol. The molecule has 0 saturated carbocycles. The van der Waals surface area contributed by atoms with Gasteiger partial charge in [-0.15, -0.1) is 0 Å². The molecule has 0 spiro atoms. The van der Waals surface area contributed by atoms with Crippen molar-refractivity contribution in [3.8, 4) is 0 Å². The fraction of sp³-hybridized carbons (Fsp3) is 0.455. The first-order valence-corrected chi connectivity index (χ1v) is 6.97. The summed E-state index contributed by atoms with van der Waals surface area (Å²) < 4.78 is 0. The highest BCUT2D eigenvalue weighted by Crippen LogP contribution is 2.20. The molecule has 2 rings (SSSR count). The topological polar surface area (TPSA) is 54.0 Å². The van der Waals surface area contributed by atoms with Crippen molar-refractivity contribution >= 4 is 35.1 Å². The first kappa shape index (κ1) is 12.5. The average Bonchev–Trinajstić information content (AvgIpc) is 2.82. The van der Waals surface area contributed by atoms with Crippen molar-refractivity contribution in [2.75, 3.05) is 23.9 Å². The molecule has 0 radical (unpaired) electrons. The van der Waals surface area contributed by atoms with Crippen molar-refractivity contribution < 1.29 is 4.79 Å². The molecule has 1 amide bonds. The largest absolute Gasteiger partial charge is 0.373 e. The molecule has 1 aliphatic rings. The zero-order chi connectivity index (χ0) is 12.3. The maximum Gasteiger partial charge on any atom is 0.271 e. The third-order valence-electron chi connectivity index (χ3n) is 2.58. The number of thioether (sulfide) groups is 1. The van der Waals surface area contributed by atoms with Crippen LogP contribution in [0, 0.1) is 0 Å². The van der Waals surface area contributed by atoms with Crippen LogP contribution >= 0.6 is 23.4 Å². The lowest BCUT2D eigenvalue weighted by molar-refractivity contribution is 0.0936. The Morgan fingerprint density at radius 3 is 3.06 bits per heavy atom. The fourth-order valence-corrected chi connectivity index (χ4v) is 2.99. The van der Waals surface area contributed by atoms with Crippen LogP contribution in [0.4, 0.5) is 5.82 Å². The van der Waals surface area contributed by atoms with Gasteiger partial charge in [-0.1, -0.05) is 11.6 Å². The minimum absolute atomic E-state index is 0.195. The number of halogens is 1. The number of amides is 1. The molecule has 1 atom stereocenters. The minimum atomic E-state index is -0.195. The van der Waals surface area contributed by atoms with Crippen molar-refractivity contribution in [2.24, 2.45) is 0 Å². The summed E-state index contributed by atoms with van der Waals surface area (Å²) >= 11 is 7.83. The van der Waals surface area contributed by atoms with Crippen LogP contribution in [0.3, 0.4) is 0 Å². The van der Waals surface area contributed by atoms with Crippen LogP contribution in [-0.2, 0) is 0 Å². The number of carbonyl (C=O) groups is 1. The van der Waals surface area contributed by atoms with Crippen LogP contribution in [-0.4, -0.2) is 35.5 Å². The molecule has 0 aliphatic carbocycles. The maximum atomic E-state index is 12.0. The molecule has 17 heavy (non-hydrogen) atoms. The molecular formula is C11H14ClN3OS. The van der Waals surface area contributed by atoms with Gasteiger partial charge in [0.25, 0.3) is 5.91 Å². The molecule has 2 N–H and O–H groups in total. The van der Waals surface area contributed by atoms with Crippen molar-refractivity contribution in [2.45, 2.75) is 12.5 Å². The molecule has 2 heterocycles. The summed E-state index contributed by atoms with van der Waals surface area (Å²) in [5.41, 5.74) is 0.287. The number of hydrogen-bond donors (Lipinski definition) is 2. The third kappa shape index (κ3) is 3.04. The maximum absolute atomic E-state index is 12.0. The molecule has 4 nitrogen and oxygen atoms in total. The second kappa shape index (κ2) is 5.60. The van der Waals surface area contributed by atoms with Crippen LogP contribution in [0.25, 0.3) is 0 Å². The molecular weight excluding hydrogens is 258 g/mol. The summed E-state index contributed by atoms with van der Waals surface area (Å²) in [6.07, 6.45) is 1.01. The van der Waals surface area contributed by atoms with Crippen molar-refractivity contribution in [1.29, 1.82) is 0 Å². The number of anilines is 1. The summed E-state index contributed by atoms with van der Waals surface area (Å²) in [5, 5.41) is 6.22. The highest BCUT2D eigenvalue weighted by atomic mass is 35.5. The zero-order valence-electron chi connectivity index (χ0n) is 9.50. The van der Waals surface area contributed by atoms with E-state index in [-0.39, 0.29) is 17.6 Å². The van der Waals surface area contributed by atoms with E-state index in [4.69, 9.17) is 11.6 Å². The molecule has 1 unspecified atom stereocenters. The number of hydrogen-bond acceptors (Lipinski definition) is 4. The van der Waals surface area contributed by atoms with E-state index in [1.165, 1.54) is 0 Å². The van der Waals surface area contributed by atoms with Gasteiger partial charge in [-0.05, 0) is 24.3 Å². The van der Waals surface area contributed by atoms with E-state index >= 15 is 0 Å². The van der Waals surface area contributed by atoms with Gasteiger partial charge in [0, 0.05) is 18.8 Å². The Kier molecular flexibility index (Phi) is 4.12. The number of nitrogens with one attached hydrogen (secondary N) is 2. The van der Waals surface area contributed by atoms with Gasteiger partial charge in [0.05, 0.1) is 5.02 Å². The Bertz CT molecular complexity index is 421. The van der Waals surface area contributed by atoms with Crippen molar-refractivity contribution in [3.05, 3.63) is 22.8 Å². The lowest BCUT2D eigenvalue weighted by Crippen LogP contribution is -2.35. The fourth-order valence-electron chi connectivity index (χ4n) is 1.64. The predicted molar refractivity (Wildman–Crippen MR) is 72.0 cm³/mol. The molecule has 0 aromatic carbocycles. The van der Waals surface area contributed by atoms with E-state index in [0.29, 0.717) is 10.8 Å². The first-order valence-electron chi connectivity index (χ1n) is 5.43. The lowest BCUT2D eigenvalue weighted by atomic mass is 10.2. The lowest BCUT2D eigenvalue weighted by Gasteiger charge is -2.12. The van der Waals surface area contributed by atoms with E-state index < -0.39 is 0 Å². The molecule has 1 aliphatic heterocycles. The second-order valence-electron chi connectivity index (χ2n) is 3.81. The van der Waals surface area contributed by atoms with Gasteiger partial charge in [0.2, 0.25) is 0 Å². The van der Waals surface area contributed by atoms with Crippen LogP contribution < -0.4 is 10.6 Å². The highest BCUT2D eigenvalue weighted by Gasteiger charge is 2.20. The van der Waals surface area contributed by atoms with Crippen molar-refractivity contribution in [3.63, 3.8) is 0 Å². The molecule has 1 fully saturated rings. The third-order valence-corrected chi connectivity index (χ3v) is 4.05. The molecule has 1 aromatic heterocycles. The van der Waals surface area contributed by atoms with Crippen LogP contribution in [0.5, 0.6) is 0 Å². The van der Waals surface area contributed by atoms with Crippen molar-refractivity contribution in [1.82, 2.24) is 10.3 Å². The Balaban J connectivity index is 2.11. The zero-order valence-corrected chi connectivity index (χ0v) is 11.1.